The molecule has 4 aromatic rings. The number of aliphatic imine (C=N–C) groups is 1. The molecule has 0 aliphatic carbocycles. The van der Waals surface area contributed by atoms with Crippen LogP contribution in [0.5, 0.6) is 0 Å². The molecule has 0 aliphatic heterocycles. The number of para-hydroxylation sites is 2. The zero-order valence-corrected chi connectivity index (χ0v) is 21.1. The monoisotopic (exact) mass is 495 g/mol. The molecule has 2 N–H and O–H groups in total. The highest BCUT2D eigenvalue weighted by Crippen LogP contribution is 2.16. The smallest absolute Gasteiger partial charge is 0.267 e. The number of likely N-dealkylation sites (N-methyl/N-ethyl adjacent to an activating group) is 1. The average Bonchev–Trinajstić information content (AvgIpc) is 3.27. The van der Waals surface area contributed by atoms with E-state index in [1.165, 1.54) is 10.7 Å². The van der Waals surface area contributed by atoms with Gasteiger partial charge in [-0.1, -0.05) is 30.8 Å². The molecule has 2 aromatic carbocycles. The van der Waals surface area contributed by atoms with Crippen molar-refractivity contribution in [1.82, 2.24) is 24.6 Å². The number of amides is 1. The van der Waals surface area contributed by atoms with Gasteiger partial charge >= 0.3 is 0 Å². The van der Waals surface area contributed by atoms with Gasteiger partial charge in [0, 0.05) is 31.4 Å². The lowest BCUT2D eigenvalue weighted by Gasteiger charge is -2.12. The highest BCUT2D eigenvalue weighted by molar-refractivity contribution is 6.04. The van der Waals surface area contributed by atoms with Gasteiger partial charge in [0.15, 0.2) is 0 Å². The Morgan fingerprint density at radius 3 is 2.73 bits per heavy atom. The summed E-state index contributed by atoms with van der Waals surface area (Å²) in [5.41, 5.74) is 4.79. The fourth-order valence-electron chi connectivity index (χ4n) is 3.86. The van der Waals surface area contributed by atoms with Crippen LogP contribution >= 0.6 is 0 Å². The molecule has 0 spiro atoms. The first-order chi connectivity index (χ1) is 17.8. The summed E-state index contributed by atoms with van der Waals surface area (Å²) in [7, 11) is 5.67. The lowest BCUT2D eigenvalue weighted by Crippen LogP contribution is -2.23. The molecule has 188 valence electrons. The molecule has 37 heavy (non-hydrogen) atoms. The SMILES string of the molecule is C=C(C=C(C=NC)CN(C)C)c1ccc(=O)n(Cc2cccc(C(=O)Nc3nc4ccccc4[nH]3)c2)n1. The average molecular weight is 496 g/mol. The van der Waals surface area contributed by atoms with Crippen LogP contribution in [0.2, 0.25) is 0 Å². The molecule has 0 unspecified atom stereocenters. The van der Waals surface area contributed by atoms with E-state index in [1.807, 2.05) is 55.4 Å². The Morgan fingerprint density at radius 2 is 1.97 bits per heavy atom. The van der Waals surface area contributed by atoms with E-state index in [2.05, 4.69) is 32.0 Å². The first kappa shape index (κ1) is 25.5. The molecule has 0 saturated heterocycles. The number of aromatic amines is 1. The standard InChI is InChI=1S/C28H29N7O2/c1-19(14-21(16-29-2)17-34(3)4)23-12-13-26(36)35(33-23)18-20-8-7-9-22(15-20)27(37)32-28-30-24-10-5-6-11-25(24)31-28/h5-16H,1,17-18H2,2-4H3,(H2,30,31,32,37). The molecule has 0 atom stereocenters. The van der Waals surface area contributed by atoms with Crippen molar-refractivity contribution in [3.8, 4) is 0 Å². The summed E-state index contributed by atoms with van der Waals surface area (Å²) < 4.78 is 1.37. The van der Waals surface area contributed by atoms with Gasteiger partial charge in [-0.3, -0.25) is 19.9 Å². The Morgan fingerprint density at radius 1 is 1.16 bits per heavy atom. The van der Waals surface area contributed by atoms with E-state index < -0.39 is 0 Å². The number of anilines is 1. The summed E-state index contributed by atoms with van der Waals surface area (Å²) in [6, 6.07) is 17.7. The van der Waals surface area contributed by atoms with Gasteiger partial charge in [0.05, 0.1) is 23.3 Å². The maximum Gasteiger partial charge on any atom is 0.267 e. The molecule has 0 saturated carbocycles. The van der Waals surface area contributed by atoms with Gasteiger partial charge in [-0.25, -0.2) is 9.67 Å². The third kappa shape index (κ3) is 6.53. The number of fused-ring (bicyclic) bond motifs is 1. The molecule has 0 radical (unpaired) electrons. The summed E-state index contributed by atoms with van der Waals surface area (Å²) in [6.07, 6.45) is 3.69. The number of allylic oxidation sites excluding steroid dienone is 2. The van der Waals surface area contributed by atoms with Crippen LogP contribution in [0.25, 0.3) is 16.6 Å². The second-order valence-corrected chi connectivity index (χ2v) is 8.84. The van der Waals surface area contributed by atoms with Gasteiger partial charge in [0.2, 0.25) is 5.95 Å². The molecular weight excluding hydrogens is 466 g/mol. The molecule has 4 rings (SSSR count). The summed E-state index contributed by atoms with van der Waals surface area (Å²) in [5, 5.41) is 7.31. The lowest BCUT2D eigenvalue weighted by atomic mass is 10.1. The van der Waals surface area contributed by atoms with Crippen LogP contribution in [0.4, 0.5) is 5.95 Å². The molecule has 0 fully saturated rings. The maximum absolute atomic E-state index is 12.9. The second-order valence-electron chi connectivity index (χ2n) is 8.84. The van der Waals surface area contributed by atoms with Crippen molar-refractivity contribution in [2.24, 2.45) is 4.99 Å². The third-order valence-electron chi connectivity index (χ3n) is 5.49. The normalized spacial score (nSPS) is 11.9. The maximum atomic E-state index is 12.9. The number of imidazole rings is 1. The predicted molar refractivity (Wildman–Crippen MR) is 148 cm³/mol. The van der Waals surface area contributed by atoms with Crippen molar-refractivity contribution in [3.05, 3.63) is 106 Å². The zero-order valence-electron chi connectivity index (χ0n) is 21.1. The van der Waals surface area contributed by atoms with Crippen LogP contribution in [0, 0.1) is 0 Å². The highest BCUT2D eigenvalue weighted by Gasteiger charge is 2.11. The minimum absolute atomic E-state index is 0.205. The quantitative estimate of drug-likeness (QED) is 0.272. The Kier molecular flexibility index (Phi) is 7.85. The van der Waals surface area contributed by atoms with Crippen molar-refractivity contribution in [3.63, 3.8) is 0 Å². The van der Waals surface area contributed by atoms with Crippen LogP contribution in [0.1, 0.15) is 21.6 Å². The van der Waals surface area contributed by atoms with Crippen LogP contribution in [0.3, 0.4) is 0 Å². The van der Waals surface area contributed by atoms with Gasteiger partial charge in [-0.05, 0) is 67.2 Å². The number of aromatic nitrogens is 4. The Balaban J connectivity index is 1.52. The summed E-state index contributed by atoms with van der Waals surface area (Å²) in [5.74, 6) is 0.0648. The zero-order chi connectivity index (χ0) is 26.4. The van der Waals surface area contributed by atoms with E-state index >= 15 is 0 Å². The Labute approximate surface area is 214 Å². The third-order valence-corrected chi connectivity index (χ3v) is 5.49. The van der Waals surface area contributed by atoms with Crippen molar-refractivity contribution >= 4 is 34.7 Å². The fourth-order valence-corrected chi connectivity index (χ4v) is 3.86. The fraction of sp³-hybridized carbons (Fsp3) is 0.179. The van der Waals surface area contributed by atoms with Gasteiger partial charge in [-0.15, -0.1) is 0 Å². The van der Waals surface area contributed by atoms with E-state index in [4.69, 9.17) is 0 Å². The summed E-state index contributed by atoms with van der Waals surface area (Å²) in [4.78, 5) is 39.0. The number of carbonyl (C=O) groups is 1. The highest BCUT2D eigenvalue weighted by atomic mass is 16.2. The van der Waals surface area contributed by atoms with Crippen molar-refractivity contribution in [2.45, 2.75) is 6.54 Å². The predicted octanol–water partition coefficient (Wildman–Crippen LogP) is 3.62. The van der Waals surface area contributed by atoms with Gasteiger partial charge < -0.3 is 9.88 Å². The summed E-state index contributed by atoms with van der Waals surface area (Å²) in [6.45, 7) is 5.03. The van der Waals surface area contributed by atoms with Crippen LogP contribution in [-0.2, 0) is 6.54 Å². The Bertz CT molecular complexity index is 1530. The van der Waals surface area contributed by atoms with E-state index in [1.54, 1.807) is 37.5 Å². The van der Waals surface area contributed by atoms with E-state index in [9.17, 15) is 9.59 Å². The number of nitrogens with zero attached hydrogens (tertiary/aromatic N) is 5. The number of benzene rings is 2. The molecule has 0 aliphatic rings. The summed E-state index contributed by atoms with van der Waals surface area (Å²) >= 11 is 0. The minimum Gasteiger partial charge on any atom is -0.324 e. The van der Waals surface area contributed by atoms with E-state index in [-0.39, 0.29) is 18.0 Å². The van der Waals surface area contributed by atoms with Crippen LogP contribution < -0.4 is 10.9 Å². The molecule has 2 aromatic heterocycles. The first-order valence-electron chi connectivity index (χ1n) is 11.7. The number of hydrogen-bond donors (Lipinski definition) is 2. The van der Waals surface area contributed by atoms with E-state index in [0.717, 1.165) is 22.2 Å². The topological polar surface area (TPSA) is 108 Å². The second kappa shape index (κ2) is 11.4. The number of nitrogens with one attached hydrogen (secondary N) is 2. The number of hydrogen-bond acceptors (Lipinski definition) is 6. The molecule has 0 bridgehead atoms. The Hall–Kier alpha value is -4.63. The number of carbonyl (C=O) groups excluding carboxylic acids is 1. The van der Waals surface area contributed by atoms with Crippen molar-refractivity contribution in [2.75, 3.05) is 33.0 Å². The van der Waals surface area contributed by atoms with Gasteiger partial charge in [0.1, 0.15) is 0 Å². The molecule has 9 nitrogen and oxygen atoms in total. The van der Waals surface area contributed by atoms with Crippen molar-refractivity contribution < 1.29 is 4.79 Å². The largest absolute Gasteiger partial charge is 0.324 e. The van der Waals surface area contributed by atoms with Gasteiger partial charge in [-0.2, -0.15) is 5.10 Å². The van der Waals surface area contributed by atoms with E-state index in [0.29, 0.717) is 29.3 Å². The molecule has 9 heteroatoms. The molecule has 2 heterocycles. The minimum atomic E-state index is -0.306. The lowest BCUT2D eigenvalue weighted by molar-refractivity contribution is 0.102. The number of H-pyrrole nitrogens is 1. The molecular formula is C28H29N7O2. The number of rotatable bonds is 9. The first-order valence-corrected chi connectivity index (χ1v) is 11.7. The van der Waals surface area contributed by atoms with Gasteiger partial charge in [0.25, 0.3) is 11.5 Å². The van der Waals surface area contributed by atoms with Crippen LogP contribution in [0.15, 0.2) is 88.7 Å². The van der Waals surface area contributed by atoms with Crippen molar-refractivity contribution in [1.29, 1.82) is 0 Å². The van der Waals surface area contributed by atoms with Crippen LogP contribution in [-0.4, -0.2) is 64.5 Å². The molecule has 1 amide bonds.